The average Bonchev–Trinajstić information content (AvgIpc) is 2.78. The average molecular weight is 462 g/mol. The molecule has 2 aromatic carbocycles. The van der Waals surface area contributed by atoms with Crippen LogP contribution in [0.15, 0.2) is 47.4 Å². The molecule has 8 heteroatoms. The third kappa shape index (κ3) is 4.31. The quantitative estimate of drug-likeness (QED) is 0.697. The number of para-hydroxylation sites is 1. The molecule has 2 heterocycles. The third-order valence-electron chi connectivity index (χ3n) is 6.31. The number of rotatable bonds is 4. The van der Waals surface area contributed by atoms with Crippen LogP contribution < -0.4 is 4.31 Å². The van der Waals surface area contributed by atoms with E-state index in [1.807, 2.05) is 38.4 Å². The first-order valence-electron chi connectivity index (χ1n) is 10.6. The van der Waals surface area contributed by atoms with Gasteiger partial charge in [-0.1, -0.05) is 29.8 Å². The molecule has 0 unspecified atom stereocenters. The Morgan fingerprint density at radius 3 is 2.48 bits per heavy atom. The number of hydrogen-bond acceptors (Lipinski definition) is 4. The van der Waals surface area contributed by atoms with Crippen LogP contribution in [0.4, 0.5) is 5.69 Å². The molecule has 2 aromatic rings. The van der Waals surface area contributed by atoms with E-state index in [0.717, 1.165) is 31.2 Å². The molecule has 0 radical (unpaired) electrons. The van der Waals surface area contributed by atoms with Crippen LogP contribution >= 0.6 is 11.6 Å². The molecule has 0 aliphatic carbocycles. The van der Waals surface area contributed by atoms with Gasteiger partial charge in [-0.25, -0.2) is 8.42 Å². The number of aryl methyl sites for hydroxylation is 1. The molecule has 6 nitrogen and oxygen atoms in total. The monoisotopic (exact) mass is 461 g/mol. The Labute approximate surface area is 189 Å². The van der Waals surface area contributed by atoms with Crippen LogP contribution in [0.5, 0.6) is 0 Å². The standard InChI is InChI=1S/C23H28ClN3O3S/c1-25(2)18-11-14-26(15-12-18)23(28)20-16-19(9-10-21(20)24)31(29,30)27-13-5-7-17-6-3-4-8-22(17)27/h3-4,6,8-10,16,18H,5,7,11-15H2,1-2H3. The Morgan fingerprint density at radius 1 is 1.06 bits per heavy atom. The molecule has 1 saturated heterocycles. The number of carbonyl (C=O) groups excluding carboxylic acids is 1. The fourth-order valence-electron chi connectivity index (χ4n) is 4.46. The van der Waals surface area contributed by atoms with E-state index in [1.54, 1.807) is 4.90 Å². The number of halogens is 1. The number of nitrogens with zero attached hydrogens (tertiary/aromatic N) is 3. The fraction of sp³-hybridized carbons (Fsp3) is 0.435. The van der Waals surface area contributed by atoms with Gasteiger partial charge in [0.25, 0.3) is 15.9 Å². The first kappa shape index (κ1) is 22.1. The second-order valence-corrected chi connectivity index (χ2v) is 10.7. The summed E-state index contributed by atoms with van der Waals surface area (Å²) in [6, 6.07) is 12.5. The highest BCUT2D eigenvalue weighted by molar-refractivity contribution is 7.92. The molecule has 2 aliphatic rings. The molecule has 4 rings (SSSR count). The second kappa shape index (κ2) is 8.81. The summed E-state index contributed by atoms with van der Waals surface area (Å²) in [6.07, 6.45) is 3.39. The normalized spacial score (nSPS) is 17.7. The van der Waals surface area contributed by atoms with Gasteiger partial charge in [0.15, 0.2) is 0 Å². The zero-order valence-electron chi connectivity index (χ0n) is 17.9. The number of anilines is 1. The largest absolute Gasteiger partial charge is 0.338 e. The SMILES string of the molecule is CN(C)C1CCN(C(=O)c2cc(S(=O)(=O)N3CCCc4ccccc43)ccc2Cl)CC1. The smallest absolute Gasteiger partial charge is 0.264 e. The predicted molar refractivity (Wildman–Crippen MR) is 123 cm³/mol. The minimum atomic E-state index is -3.80. The fourth-order valence-corrected chi connectivity index (χ4v) is 6.23. The Balaban J connectivity index is 1.62. The Bertz CT molecular complexity index is 1080. The van der Waals surface area contributed by atoms with E-state index >= 15 is 0 Å². The lowest BCUT2D eigenvalue weighted by Crippen LogP contribution is -2.44. The van der Waals surface area contributed by atoms with E-state index in [0.29, 0.717) is 31.4 Å². The maximum atomic E-state index is 13.5. The van der Waals surface area contributed by atoms with E-state index < -0.39 is 10.0 Å². The van der Waals surface area contributed by atoms with Gasteiger partial charge in [0.2, 0.25) is 0 Å². The van der Waals surface area contributed by atoms with Gasteiger partial charge >= 0.3 is 0 Å². The Hall–Kier alpha value is -2.09. The summed E-state index contributed by atoms with van der Waals surface area (Å²) < 4.78 is 28.4. The van der Waals surface area contributed by atoms with Crippen LogP contribution in [-0.2, 0) is 16.4 Å². The summed E-state index contributed by atoms with van der Waals surface area (Å²) in [5.41, 5.74) is 1.98. The number of likely N-dealkylation sites (tertiary alicyclic amines) is 1. The molecule has 0 N–H and O–H groups in total. The number of amides is 1. The van der Waals surface area contributed by atoms with Crippen molar-refractivity contribution in [2.45, 2.75) is 36.6 Å². The van der Waals surface area contributed by atoms with Crippen LogP contribution in [-0.4, -0.2) is 63.9 Å². The van der Waals surface area contributed by atoms with E-state index in [9.17, 15) is 13.2 Å². The van der Waals surface area contributed by atoms with Crippen molar-refractivity contribution in [3.05, 3.63) is 58.6 Å². The molecule has 0 spiro atoms. The topological polar surface area (TPSA) is 60.9 Å². The van der Waals surface area contributed by atoms with E-state index in [1.165, 1.54) is 22.5 Å². The number of sulfonamides is 1. The maximum Gasteiger partial charge on any atom is 0.264 e. The van der Waals surface area contributed by atoms with Crippen LogP contribution in [0.25, 0.3) is 0 Å². The molecule has 31 heavy (non-hydrogen) atoms. The summed E-state index contributed by atoms with van der Waals surface area (Å²) in [5, 5.41) is 0.276. The number of fused-ring (bicyclic) bond motifs is 1. The molecule has 0 atom stereocenters. The lowest BCUT2D eigenvalue weighted by Gasteiger charge is -2.35. The molecule has 1 fully saturated rings. The number of carbonyl (C=O) groups is 1. The van der Waals surface area contributed by atoms with Crippen LogP contribution in [0.2, 0.25) is 5.02 Å². The minimum Gasteiger partial charge on any atom is -0.338 e. The van der Waals surface area contributed by atoms with E-state index in [2.05, 4.69) is 4.90 Å². The first-order chi connectivity index (χ1) is 14.8. The van der Waals surface area contributed by atoms with Crippen molar-refractivity contribution in [1.82, 2.24) is 9.80 Å². The molecule has 0 saturated carbocycles. The van der Waals surface area contributed by atoms with Gasteiger partial charge in [0.05, 0.1) is 21.2 Å². The van der Waals surface area contributed by atoms with Crippen molar-refractivity contribution >= 4 is 33.2 Å². The van der Waals surface area contributed by atoms with Crippen LogP contribution in [0.1, 0.15) is 35.2 Å². The molecule has 1 amide bonds. The molecule has 166 valence electrons. The van der Waals surface area contributed by atoms with Crippen molar-refractivity contribution in [2.75, 3.05) is 38.0 Å². The van der Waals surface area contributed by atoms with Gasteiger partial charge in [-0.3, -0.25) is 9.10 Å². The highest BCUT2D eigenvalue weighted by Crippen LogP contribution is 2.33. The maximum absolute atomic E-state index is 13.5. The van der Waals surface area contributed by atoms with Crippen molar-refractivity contribution in [3.8, 4) is 0 Å². The van der Waals surface area contributed by atoms with Gasteiger partial charge in [0.1, 0.15) is 0 Å². The second-order valence-electron chi connectivity index (χ2n) is 8.44. The third-order valence-corrected chi connectivity index (χ3v) is 8.44. The van der Waals surface area contributed by atoms with Gasteiger partial charge in [-0.05, 0) is 69.6 Å². The summed E-state index contributed by atoms with van der Waals surface area (Å²) in [5.74, 6) is -0.210. The zero-order chi connectivity index (χ0) is 22.2. The van der Waals surface area contributed by atoms with Crippen molar-refractivity contribution in [1.29, 1.82) is 0 Å². The van der Waals surface area contributed by atoms with E-state index in [4.69, 9.17) is 11.6 Å². The summed E-state index contributed by atoms with van der Waals surface area (Å²) >= 11 is 6.34. The number of benzene rings is 2. The number of piperidine rings is 1. The van der Waals surface area contributed by atoms with E-state index in [-0.39, 0.29) is 21.4 Å². The summed E-state index contributed by atoms with van der Waals surface area (Å²) in [4.78, 5) is 17.2. The van der Waals surface area contributed by atoms with Crippen LogP contribution in [0, 0.1) is 0 Å². The lowest BCUT2D eigenvalue weighted by atomic mass is 10.0. The minimum absolute atomic E-state index is 0.0973. The molecule has 0 bridgehead atoms. The highest BCUT2D eigenvalue weighted by atomic mass is 35.5. The predicted octanol–water partition coefficient (Wildman–Crippen LogP) is 3.65. The number of hydrogen-bond donors (Lipinski definition) is 0. The summed E-state index contributed by atoms with van der Waals surface area (Å²) in [6.45, 7) is 1.69. The van der Waals surface area contributed by atoms with Crippen molar-refractivity contribution in [3.63, 3.8) is 0 Å². The lowest BCUT2D eigenvalue weighted by molar-refractivity contribution is 0.0663. The van der Waals surface area contributed by atoms with Gasteiger partial charge in [0, 0.05) is 25.7 Å². The van der Waals surface area contributed by atoms with Crippen LogP contribution in [0.3, 0.4) is 0 Å². The Morgan fingerprint density at radius 2 is 1.77 bits per heavy atom. The molecular formula is C23H28ClN3O3S. The zero-order valence-corrected chi connectivity index (χ0v) is 19.5. The summed E-state index contributed by atoms with van der Waals surface area (Å²) in [7, 11) is 0.294. The van der Waals surface area contributed by atoms with Crippen molar-refractivity contribution in [2.24, 2.45) is 0 Å². The Kier molecular flexibility index (Phi) is 6.28. The van der Waals surface area contributed by atoms with Crippen molar-refractivity contribution < 1.29 is 13.2 Å². The van der Waals surface area contributed by atoms with Gasteiger partial charge in [-0.15, -0.1) is 0 Å². The van der Waals surface area contributed by atoms with Gasteiger partial charge < -0.3 is 9.80 Å². The molecule has 0 aromatic heterocycles. The van der Waals surface area contributed by atoms with Gasteiger partial charge in [-0.2, -0.15) is 0 Å². The highest BCUT2D eigenvalue weighted by Gasteiger charge is 2.31. The molecule has 2 aliphatic heterocycles. The first-order valence-corrected chi connectivity index (χ1v) is 12.5. The molecular weight excluding hydrogens is 434 g/mol.